The lowest BCUT2D eigenvalue weighted by Gasteiger charge is -2.10. The summed E-state index contributed by atoms with van der Waals surface area (Å²) in [6, 6.07) is 7.05. The summed E-state index contributed by atoms with van der Waals surface area (Å²) in [5.41, 5.74) is 0.451. The SMILES string of the molecule is OC(Cc1c(F)cccc1F)c1ccc[nH]1. The van der Waals surface area contributed by atoms with Crippen molar-refractivity contribution in [3.63, 3.8) is 0 Å². The molecule has 1 aromatic carbocycles. The molecule has 0 aliphatic heterocycles. The lowest BCUT2D eigenvalue weighted by Crippen LogP contribution is -2.05. The number of hydrogen-bond donors (Lipinski definition) is 2. The second-order valence-electron chi connectivity index (χ2n) is 3.55. The Hall–Kier alpha value is -1.68. The van der Waals surface area contributed by atoms with E-state index in [1.807, 2.05) is 0 Å². The number of aliphatic hydroxyl groups excluding tert-OH is 1. The van der Waals surface area contributed by atoms with Crippen LogP contribution in [0.4, 0.5) is 8.78 Å². The van der Waals surface area contributed by atoms with Crippen LogP contribution in [0.3, 0.4) is 0 Å². The molecule has 0 radical (unpaired) electrons. The first-order valence-electron chi connectivity index (χ1n) is 4.92. The van der Waals surface area contributed by atoms with Crippen LogP contribution in [0.25, 0.3) is 0 Å². The van der Waals surface area contributed by atoms with E-state index < -0.39 is 17.7 Å². The van der Waals surface area contributed by atoms with Crippen LogP contribution < -0.4 is 0 Å². The fourth-order valence-corrected chi connectivity index (χ4v) is 1.58. The Bertz CT molecular complexity index is 448. The van der Waals surface area contributed by atoms with E-state index in [9.17, 15) is 13.9 Å². The van der Waals surface area contributed by atoms with Gasteiger partial charge in [0, 0.05) is 23.9 Å². The van der Waals surface area contributed by atoms with Gasteiger partial charge in [-0.05, 0) is 24.3 Å². The van der Waals surface area contributed by atoms with Crippen LogP contribution in [0.15, 0.2) is 36.5 Å². The van der Waals surface area contributed by atoms with Crippen molar-refractivity contribution in [2.24, 2.45) is 0 Å². The Morgan fingerprint density at radius 2 is 1.81 bits per heavy atom. The molecule has 16 heavy (non-hydrogen) atoms. The van der Waals surface area contributed by atoms with Crippen molar-refractivity contribution < 1.29 is 13.9 Å². The second-order valence-corrected chi connectivity index (χ2v) is 3.55. The van der Waals surface area contributed by atoms with Crippen molar-refractivity contribution in [2.45, 2.75) is 12.5 Å². The van der Waals surface area contributed by atoms with Gasteiger partial charge in [0.25, 0.3) is 0 Å². The van der Waals surface area contributed by atoms with Gasteiger partial charge in [-0.1, -0.05) is 6.07 Å². The molecule has 2 aromatic rings. The standard InChI is InChI=1S/C12H11F2NO/c13-9-3-1-4-10(14)8(9)7-12(16)11-5-2-6-15-11/h1-6,12,15-16H,7H2. The Morgan fingerprint density at radius 3 is 2.38 bits per heavy atom. The third-order valence-corrected chi connectivity index (χ3v) is 2.44. The Kier molecular flexibility index (Phi) is 3.01. The summed E-state index contributed by atoms with van der Waals surface area (Å²) in [6.45, 7) is 0. The maximum atomic E-state index is 13.3. The Balaban J connectivity index is 2.21. The third-order valence-electron chi connectivity index (χ3n) is 2.44. The van der Waals surface area contributed by atoms with Gasteiger partial charge in [-0.25, -0.2) is 8.78 Å². The van der Waals surface area contributed by atoms with Gasteiger partial charge in [0.2, 0.25) is 0 Å². The van der Waals surface area contributed by atoms with Crippen LogP contribution in [-0.2, 0) is 6.42 Å². The molecule has 2 N–H and O–H groups in total. The van der Waals surface area contributed by atoms with Gasteiger partial charge in [0.15, 0.2) is 0 Å². The zero-order chi connectivity index (χ0) is 11.5. The number of aromatic nitrogens is 1. The topological polar surface area (TPSA) is 36.0 Å². The quantitative estimate of drug-likeness (QED) is 0.824. The van der Waals surface area contributed by atoms with E-state index >= 15 is 0 Å². The largest absolute Gasteiger partial charge is 0.387 e. The zero-order valence-corrected chi connectivity index (χ0v) is 8.45. The summed E-state index contributed by atoms with van der Waals surface area (Å²) < 4.78 is 26.6. The maximum absolute atomic E-state index is 13.3. The number of nitrogens with one attached hydrogen (secondary N) is 1. The van der Waals surface area contributed by atoms with Crippen molar-refractivity contribution in [3.05, 3.63) is 59.4 Å². The summed E-state index contributed by atoms with van der Waals surface area (Å²) in [4.78, 5) is 2.80. The molecule has 1 atom stereocenters. The molecular formula is C12H11F2NO. The molecule has 1 heterocycles. The summed E-state index contributed by atoms with van der Waals surface area (Å²) >= 11 is 0. The predicted octanol–water partition coefficient (Wildman–Crippen LogP) is 2.57. The molecule has 0 saturated heterocycles. The summed E-state index contributed by atoms with van der Waals surface area (Å²) in [5.74, 6) is -1.27. The highest BCUT2D eigenvalue weighted by molar-refractivity contribution is 5.22. The molecule has 1 aromatic heterocycles. The average Bonchev–Trinajstić information content (AvgIpc) is 2.76. The minimum atomic E-state index is -0.929. The molecule has 2 nitrogen and oxygen atoms in total. The molecule has 0 aliphatic rings. The lowest BCUT2D eigenvalue weighted by molar-refractivity contribution is 0.171. The van der Waals surface area contributed by atoms with Crippen LogP contribution in [0, 0.1) is 11.6 Å². The number of benzene rings is 1. The molecule has 1 unspecified atom stereocenters. The fourth-order valence-electron chi connectivity index (χ4n) is 1.58. The zero-order valence-electron chi connectivity index (χ0n) is 8.45. The summed E-state index contributed by atoms with van der Waals surface area (Å²) in [5, 5.41) is 9.75. The van der Waals surface area contributed by atoms with Gasteiger partial charge >= 0.3 is 0 Å². The van der Waals surface area contributed by atoms with Gasteiger partial charge in [-0.15, -0.1) is 0 Å². The molecular weight excluding hydrogens is 212 g/mol. The lowest BCUT2D eigenvalue weighted by atomic mass is 10.0. The fraction of sp³-hybridized carbons (Fsp3) is 0.167. The van der Waals surface area contributed by atoms with Crippen molar-refractivity contribution in [1.29, 1.82) is 0 Å². The van der Waals surface area contributed by atoms with E-state index in [1.54, 1.807) is 18.3 Å². The first-order valence-corrected chi connectivity index (χ1v) is 4.92. The molecule has 2 rings (SSSR count). The van der Waals surface area contributed by atoms with Crippen LogP contribution in [0.5, 0.6) is 0 Å². The highest BCUT2D eigenvalue weighted by Crippen LogP contribution is 2.20. The van der Waals surface area contributed by atoms with Crippen molar-refractivity contribution in [1.82, 2.24) is 4.98 Å². The summed E-state index contributed by atoms with van der Waals surface area (Å²) in [6.07, 6.45) is 0.636. The van der Waals surface area contributed by atoms with Crippen molar-refractivity contribution in [3.8, 4) is 0 Å². The number of H-pyrrole nitrogens is 1. The van der Waals surface area contributed by atoms with Crippen molar-refractivity contribution in [2.75, 3.05) is 0 Å². The molecule has 0 spiro atoms. The van der Waals surface area contributed by atoms with Crippen LogP contribution in [0.2, 0.25) is 0 Å². The predicted molar refractivity (Wildman–Crippen MR) is 55.8 cm³/mol. The number of aromatic amines is 1. The first kappa shape index (κ1) is 10.8. The second kappa shape index (κ2) is 4.45. The van der Waals surface area contributed by atoms with Gasteiger partial charge in [-0.2, -0.15) is 0 Å². The van der Waals surface area contributed by atoms with Crippen molar-refractivity contribution >= 4 is 0 Å². The van der Waals surface area contributed by atoms with Gasteiger partial charge in [-0.3, -0.25) is 0 Å². The molecule has 84 valence electrons. The van der Waals surface area contributed by atoms with Crippen LogP contribution in [-0.4, -0.2) is 10.1 Å². The van der Waals surface area contributed by atoms with E-state index in [0.717, 1.165) is 0 Å². The smallest absolute Gasteiger partial charge is 0.129 e. The van der Waals surface area contributed by atoms with Crippen LogP contribution in [0.1, 0.15) is 17.4 Å². The summed E-state index contributed by atoms with van der Waals surface area (Å²) in [7, 11) is 0. The average molecular weight is 223 g/mol. The number of rotatable bonds is 3. The molecule has 0 saturated carbocycles. The minimum absolute atomic E-state index is 0.0843. The Morgan fingerprint density at radius 1 is 1.12 bits per heavy atom. The monoisotopic (exact) mass is 223 g/mol. The molecule has 0 bridgehead atoms. The maximum Gasteiger partial charge on any atom is 0.129 e. The molecule has 0 fully saturated rings. The minimum Gasteiger partial charge on any atom is -0.387 e. The van der Waals surface area contributed by atoms with E-state index in [-0.39, 0.29) is 12.0 Å². The highest BCUT2D eigenvalue weighted by atomic mass is 19.1. The van der Waals surface area contributed by atoms with Gasteiger partial charge in [0.05, 0.1) is 6.10 Å². The van der Waals surface area contributed by atoms with Crippen LogP contribution >= 0.6 is 0 Å². The number of hydrogen-bond acceptors (Lipinski definition) is 1. The normalized spacial score (nSPS) is 12.7. The first-order chi connectivity index (χ1) is 7.68. The number of aliphatic hydroxyl groups is 1. The highest BCUT2D eigenvalue weighted by Gasteiger charge is 2.15. The van der Waals surface area contributed by atoms with E-state index in [1.165, 1.54) is 18.2 Å². The van der Waals surface area contributed by atoms with Gasteiger partial charge in [0.1, 0.15) is 11.6 Å². The molecule has 0 amide bonds. The third kappa shape index (κ3) is 2.12. The van der Waals surface area contributed by atoms with E-state index in [0.29, 0.717) is 5.69 Å². The van der Waals surface area contributed by atoms with Gasteiger partial charge < -0.3 is 10.1 Å². The molecule has 0 aliphatic carbocycles. The molecule has 4 heteroatoms. The Labute approximate surface area is 91.6 Å². The van der Waals surface area contributed by atoms with E-state index in [2.05, 4.69) is 4.98 Å². The van der Waals surface area contributed by atoms with E-state index in [4.69, 9.17) is 0 Å². The number of halogens is 2.